The molecule has 0 aliphatic heterocycles. The molecular weight excluding hydrogens is 330 g/mol. The number of carbonyl (C=O) groups excluding carboxylic acids is 2. The third-order valence-corrected chi connectivity index (χ3v) is 3.31. The molecule has 0 aliphatic rings. The van der Waals surface area contributed by atoms with Gasteiger partial charge in [0.05, 0.1) is 18.2 Å². The summed E-state index contributed by atoms with van der Waals surface area (Å²) in [5, 5.41) is 9.20. The summed E-state index contributed by atoms with van der Waals surface area (Å²) in [5.74, 6) is -5.65. The first kappa shape index (κ1) is 19.6. The Morgan fingerprint density at radius 1 is 1.33 bits per heavy atom. The number of halogens is 4. The molecule has 0 radical (unpaired) electrons. The number of nitrogens with zero attached hydrogens (tertiary/aromatic N) is 1. The highest BCUT2D eigenvalue weighted by molar-refractivity contribution is 5.81. The van der Waals surface area contributed by atoms with E-state index in [-0.39, 0.29) is 12.7 Å². The molecule has 130 valence electrons. The van der Waals surface area contributed by atoms with Gasteiger partial charge in [0.25, 0.3) is 0 Å². The molecule has 0 amide bonds. The molecule has 0 spiro atoms. The van der Waals surface area contributed by atoms with Gasteiger partial charge in [0, 0.05) is 12.3 Å². The minimum Gasteiger partial charge on any atom is -0.465 e. The molecule has 0 aromatic heterocycles. The second-order valence-corrected chi connectivity index (χ2v) is 5.10. The van der Waals surface area contributed by atoms with Gasteiger partial charge in [0.1, 0.15) is 11.6 Å². The molecule has 0 saturated carbocycles. The summed E-state index contributed by atoms with van der Waals surface area (Å²) in [6.07, 6.45) is -5.38. The number of rotatable bonds is 6. The van der Waals surface area contributed by atoms with Gasteiger partial charge in [0.2, 0.25) is 0 Å². The van der Waals surface area contributed by atoms with Crippen molar-refractivity contribution in [3.63, 3.8) is 0 Å². The van der Waals surface area contributed by atoms with Crippen LogP contribution < -0.4 is 0 Å². The van der Waals surface area contributed by atoms with Gasteiger partial charge in [-0.05, 0) is 31.5 Å². The molecule has 1 aromatic carbocycles. The molecule has 2 atom stereocenters. The molecule has 0 bridgehead atoms. The Hall–Kier alpha value is -2.43. The van der Waals surface area contributed by atoms with Gasteiger partial charge in [-0.15, -0.1) is 0 Å². The molecule has 0 unspecified atom stereocenters. The van der Waals surface area contributed by atoms with Gasteiger partial charge < -0.3 is 9.53 Å². The summed E-state index contributed by atoms with van der Waals surface area (Å²) < 4.78 is 57.5. The fraction of sp³-hybridized carbons (Fsp3) is 0.438. The SMILES string of the molecule is CCOC(=O)[C@@H](C#N)[C@@H](CC(C)=O)c1ccc(F)cc1C(F)(F)F. The Balaban J connectivity index is 3.49. The Morgan fingerprint density at radius 2 is 1.96 bits per heavy atom. The highest BCUT2D eigenvalue weighted by atomic mass is 19.4. The maximum atomic E-state index is 13.2. The average Bonchev–Trinajstić information content (AvgIpc) is 2.46. The number of Topliss-reactive ketones (excluding diaryl/α,β-unsaturated/α-hetero) is 1. The van der Waals surface area contributed by atoms with E-state index < -0.39 is 53.1 Å². The Morgan fingerprint density at radius 3 is 2.42 bits per heavy atom. The fourth-order valence-corrected chi connectivity index (χ4v) is 2.35. The van der Waals surface area contributed by atoms with E-state index >= 15 is 0 Å². The number of ether oxygens (including phenoxy) is 1. The zero-order valence-corrected chi connectivity index (χ0v) is 13.0. The number of benzene rings is 1. The summed E-state index contributed by atoms with van der Waals surface area (Å²) >= 11 is 0. The average molecular weight is 345 g/mol. The molecule has 0 N–H and O–H groups in total. The molecule has 8 heteroatoms. The van der Waals surface area contributed by atoms with Crippen LogP contribution in [0.5, 0.6) is 0 Å². The first-order valence-electron chi connectivity index (χ1n) is 7.04. The van der Waals surface area contributed by atoms with Crippen LogP contribution in [0, 0.1) is 23.1 Å². The largest absolute Gasteiger partial charge is 0.465 e. The van der Waals surface area contributed by atoms with E-state index in [0.29, 0.717) is 0 Å². The first-order chi connectivity index (χ1) is 11.1. The van der Waals surface area contributed by atoms with Crippen molar-refractivity contribution in [1.82, 2.24) is 0 Å². The van der Waals surface area contributed by atoms with Gasteiger partial charge in [0.15, 0.2) is 5.92 Å². The van der Waals surface area contributed by atoms with E-state index in [2.05, 4.69) is 0 Å². The van der Waals surface area contributed by atoms with E-state index in [9.17, 15) is 32.4 Å². The van der Waals surface area contributed by atoms with Crippen LogP contribution in [0.25, 0.3) is 0 Å². The molecular formula is C16H15F4NO3. The van der Waals surface area contributed by atoms with Crippen LogP contribution in [0.3, 0.4) is 0 Å². The predicted molar refractivity (Wildman–Crippen MR) is 75.2 cm³/mol. The summed E-state index contributed by atoms with van der Waals surface area (Å²) in [7, 11) is 0. The van der Waals surface area contributed by atoms with Crippen LogP contribution in [0.4, 0.5) is 17.6 Å². The van der Waals surface area contributed by atoms with Crippen LogP contribution in [0.1, 0.15) is 37.3 Å². The lowest BCUT2D eigenvalue weighted by molar-refractivity contribution is -0.148. The smallest absolute Gasteiger partial charge is 0.416 e. The molecule has 1 aromatic rings. The van der Waals surface area contributed by atoms with Crippen molar-refractivity contribution in [2.75, 3.05) is 6.61 Å². The van der Waals surface area contributed by atoms with Crippen molar-refractivity contribution in [2.24, 2.45) is 5.92 Å². The predicted octanol–water partition coefficient (Wildman–Crippen LogP) is 3.61. The standard InChI is InChI=1S/C16H15F4NO3/c1-3-24-15(23)13(8-21)12(6-9(2)22)11-5-4-10(17)7-14(11)16(18,19)20/h4-5,7,12-13H,3,6H2,1-2H3/t12-,13-/m0/s1. The van der Waals surface area contributed by atoms with E-state index in [4.69, 9.17) is 4.74 Å². The maximum absolute atomic E-state index is 13.2. The van der Waals surface area contributed by atoms with Gasteiger partial charge in [-0.25, -0.2) is 4.39 Å². The van der Waals surface area contributed by atoms with E-state index in [1.165, 1.54) is 6.92 Å². The number of hydrogen-bond donors (Lipinski definition) is 0. The van der Waals surface area contributed by atoms with E-state index in [1.807, 2.05) is 0 Å². The first-order valence-corrected chi connectivity index (χ1v) is 7.04. The minimum atomic E-state index is -4.90. The highest BCUT2D eigenvalue weighted by Gasteiger charge is 2.40. The molecule has 24 heavy (non-hydrogen) atoms. The van der Waals surface area contributed by atoms with E-state index in [1.54, 1.807) is 6.07 Å². The number of nitriles is 1. The fourth-order valence-electron chi connectivity index (χ4n) is 2.35. The lowest BCUT2D eigenvalue weighted by Crippen LogP contribution is -2.27. The van der Waals surface area contributed by atoms with Crippen LogP contribution in [-0.4, -0.2) is 18.4 Å². The number of esters is 1. The van der Waals surface area contributed by atoms with Crippen molar-refractivity contribution in [3.8, 4) is 6.07 Å². The summed E-state index contributed by atoms with van der Waals surface area (Å²) in [5.41, 5.74) is -1.81. The second-order valence-electron chi connectivity index (χ2n) is 5.10. The Kier molecular flexibility index (Phi) is 6.46. The molecule has 0 heterocycles. The summed E-state index contributed by atoms with van der Waals surface area (Å²) in [6.45, 7) is 2.54. The van der Waals surface area contributed by atoms with Gasteiger partial charge >= 0.3 is 12.1 Å². The zero-order valence-electron chi connectivity index (χ0n) is 13.0. The summed E-state index contributed by atoms with van der Waals surface area (Å²) in [6, 6.07) is 3.51. The van der Waals surface area contributed by atoms with Crippen LogP contribution in [0.15, 0.2) is 18.2 Å². The third kappa shape index (κ3) is 4.78. The number of alkyl halides is 3. The normalized spacial score (nSPS) is 13.7. The maximum Gasteiger partial charge on any atom is 0.416 e. The lowest BCUT2D eigenvalue weighted by Gasteiger charge is -2.23. The topological polar surface area (TPSA) is 67.2 Å². The minimum absolute atomic E-state index is 0.0701. The molecule has 0 saturated heterocycles. The van der Waals surface area contributed by atoms with Gasteiger partial charge in [-0.2, -0.15) is 18.4 Å². The van der Waals surface area contributed by atoms with Crippen molar-refractivity contribution in [2.45, 2.75) is 32.4 Å². The Labute approximate surface area is 136 Å². The second kappa shape index (κ2) is 7.90. The molecule has 0 aliphatic carbocycles. The van der Waals surface area contributed by atoms with Crippen LogP contribution in [0.2, 0.25) is 0 Å². The highest BCUT2D eigenvalue weighted by Crippen LogP contribution is 2.39. The molecule has 0 fully saturated rings. The lowest BCUT2D eigenvalue weighted by atomic mass is 9.81. The van der Waals surface area contributed by atoms with Crippen molar-refractivity contribution in [3.05, 3.63) is 35.1 Å². The quantitative estimate of drug-likeness (QED) is 0.583. The third-order valence-electron chi connectivity index (χ3n) is 3.31. The summed E-state index contributed by atoms with van der Waals surface area (Å²) in [4.78, 5) is 23.3. The number of carbonyl (C=O) groups is 2. The van der Waals surface area contributed by atoms with Crippen LogP contribution >= 0.6 is 0 Å². The monoisotopic (exact) mass is 345 g/mol. The zero-order chi connectivity index (χ0) is 18.5. The van der Waals surface area contributed by atoms with Crippen molar-refractivity contribution >= 4 is 11.8 Å². The van der Waals surface area contributed by atoms with Gasteiger partial charge in [-0.3, -0.25) is 4.79 Å². The molecule has 1 rings (SSSR count). The Bertz CT molecular complexity index is 664. The van der Waals surface area contributed by atoms with Gasteiger partial charge in [-0.1, -0.05) is 6.07 Å². The van der Waals surface area contributed by atoms with Crippen molar-refractivity contribution in [1.29, 1.82) is 5.26 Å². The number of hydrogen-bond acceptors (Lipinski definition) is 4. The van der Waals surface area contributed by atoms with E-state index in [0.717, 1.165) is 19.1 Å². The number of ketones is 1. The van der Waals surface area contributed by atoms with Crippen LogP contribution in [-0.2, 0) is 20.5 Å². The molecule has 4 nitrogen and oxygen atoms in total. The van der Waals surface area contributed by atoms with Crippen molar-refractivity contribution < 1.29 is 31.9 Å².